The van der Waals surface area contributed by atoms with E-state index in [1.807, 2.05) is 6.07 Å². The van der Waals surface area contributed by atoms with Crippen molar-refractivity contribution in [3.63, 3.8) is 0 Å². The Morgan fingerprint density at radius 3 is 2.00 bits per heavy atom. The van der Waals surface area contributed by atoms with Gasteiger partial charge in [-0.05, 0) is 31.1 Å². The van der Waals surface area contributed by atoms with E-state index in [0.29, 0.717) is 17.8 Å². The third-order valence-electron chi connectivity index (χ3n) is 3.84. The van der Waals surface area contributed by atoms with Gasteiger partial charge in [0.25, 0.3) is 0 Å². The van der Waals surface area contributed by atoms with E-state index in [4.69, 9.17) is 0 Å². The zero-order chi connectivity index (χ0) is 15.8. The summed E-state index contributed by atoms with van der Waals surface area (Å²) in [7, 11) is 0. The van der Waals surface area contributed by atoms with Crippen LogP contribution in [0.25, 0.3) is 0 Å². The first-order valence-electron chi connectivity index (χ1n) is 8.33. The Bertz CT molecular complexity index is 383. The SMILES string of the molecule is CCCc1nc(NCC)cc(NCC(C(C)C)C(C)C)n1. The molecule has 1 heterocycles. The first kappa shape index (κ1) is 17.7. The van der Waals surface area contributed by atoms with Crippen LogP contribution in [0.2, 0.25) is 0 Å². The van der Waals surface area contributed by atoms with Crippen molar-refractivity contribution >= 4 is 11.6 Å². The predicted octanol–water partition coefficient (Wildman–Crippen LogP) is 4.20. The molecule has 4 heteroatoms. The van der Waals surface area contributed by atoms with Gasteiger partial charge in [-0.25, -0.2) is 9.97 Å². The van der Waals surface area contributed by atoms with Crippen LogP contribution in [0.3, 0.4) is 0 Å². The average Bonchev–Trinajstić information content (AvgIpc) is 2.38. The van der Waals surface area contributed by atoms with Gasteiger partial charge < -0.3 is 10.6 Å². The fourth-order valence-electron chi connectivity index (χ4n) is 2.66. The van der Waals surface area contributed by atoms with E-state index < -0.39 is 0 Å². The minimum Gasteiger partial charge on any atom is -0.370 e. The molecule has 0 aliphatic heterocycles. The molecule has 0 radical (unpaired) electrons. The topological polar surface area (TPSA) is 49.8 Å². The number of aromatic nitrogens is 2. The largest absolute Gasteiger partial charge is 0.370 e. The summed E-state index contributed by atoms with van der Waals surface area (Å²) in [5.41, 5.74) is 0. The van der Waals surface area contributed by atoms with Crippen LogP contribution in [0.5, 0.6) is 0 Å². The zero-order valence-electron chi connectivity index (χ0n) is 14.5. The van der Waals surface area contributed by atoms with E-state index in [2.05, 4.69) is 62.1 Å². The molecule has 0 atom stereocenters. The standard InChI is InChI=1S/C17H32N4/c1-7-9-15-20-16(18-8-2)10-17(21-15)19-11-14(12(3)4)13(5)6/h10,12-14H,7-9,11H2,1-6H3,(H2,18,19,20,21). The van der Waals surface area contributed by atoms with Crippen molar-refractivity contribution in [1.82, 2.24) is 9.97 Å². The highest BCUT2D eigenvalue weighted by atomic mass is 15.1. The molecule has 0 aromatic carbocycles. The van der Waals surface area contributed by atoms with Crippen molar-refractivity contribution in [3.05, 3.63) is 11.9 Å². The molecule has 1 aromatic rings. The molecule has 4 nitrogen and oxygen atoms in total. The van der Waals surface area contributed by atoms with Crippen molar-refractivity contribution in [2.45, 2.75) is 54.4 Å². The lowest BCUT2D eigenvalue weighted by Gasteiger charge is -2.25. The second-order valence-electron chi connectivity index (χ2n) is 6.37. The molecule has 0 saturated carbocycles. The van der Waals surface area contributed by atoms with Gasteiger partial charge in [-0.2, -0.15) is 0 Å². The summed E-state index contributed by atoms with van der Waals surface area (Å²) in [4.78, 5) is 9.18. The van der Waals surface area contributed by atoms with E-state index in [-0.39, 0.29) is 0 Å². The van der Waals surface area contributed by atoms with Crippen molar-refractivity contribution in [1.29, 1.82) is 0 Å². The van der Waals surface area contributed by atoms with Crippen LogP contribution in [0.15, 0.2) is 6.07 Å². The molecular formula is C17H32N4. The second-order valence-corrected chi connectivity index (χ2v) is 6.37. The van der Waals surface area contributed by atoms with Gasteiger partial charge >= 0.3 is 0 Å². The van der Waals surface area contributed by atoms with Gasteiger partial charge in [0.15, 0.2) is 0 Å². The van der Waals surface area contributed by atoms with Crippen LogP contribution < -0.4 is 10.6 Å². The summed E-state index contributed by atoms with van der Waals surface area (Å²) in [6.45, 7) is 15.2. The molecule has 0 aliphatic carbocycles. The molecule has 0 unspecified atom stereocenters. The second kappa shape index (κ2) is 8.85. The molecule has 0 bridgehead atoms. The number of aryl methyl sites for hydroxylation is 1. The van der Waals surface area contributed by atoms with Crippen LogP contribution in [-0.4, -0.2) is 23.1 Å². The van der Waals surface area contributed by atoms with Crippen molar-refractivity contribution < 1.29 is 0 Å². The van der Waals surface area contributed by atoms with Gasteiger partial charge in [-0.1, -0.05) is 34.6 Å². The van der Waals surface area contributed by atoms with Gasteiger partial charge in [0.2, 0.25) is 0 Å². The summed E-state index contributed by atoms with van der Waals surface area (Å²) < 4.78 is 0. The van der Waals surface area contributed by atoms with Crippen LogP contribution in [0.4, 0.5) is 11.6 Å². The minimum absolute atomic E-state index is 0.650. The Morgan fingerprint density at radius 2 is 1.52 bits per heavy atom. The van der Waals surface area contributed by atoms with Crippen molar-refractivity contribution in [3.8, 4) is 0 Å². The van der Waals surface area contributed by atoms with Crippen LogP contribution in [0, 0.1) is 17.8 Å². The van der Waals surface area contributed by atoms with Crippen LogP contribution in [-0.2, 0) is 6.42 Å². The Morgan fingerprint density at radius 1 is 0.952 bits per heavy atom. The first-order chi connectivity index (χ1) is 9.97. The number of nitrogens with zero attached hydrogens (tertiary/aromatic N) is 2. The summed E-state index contributed by atoms with van der Waals surface area (Å²) >= 11 is 0. The number of rotatable bonds is 9. The van der Waals surface area contributed by atoms with E-state index in [9.17, 15) is 0 Å². The lowest BCUT2D eigenvalue weighted by atomic mass is 9.85. The average molecular weight is 292 g/mol. The van der Waals surface area contributed by atoms with Crippen molar-refractivity contribution in [2.24, 2.45) is 17.8 Å². The lowest BCUT2D eigenvalue weighted by Crippen LogP contribution is -2.25. The maximum atomic E-state index is 4.63. The molecule has 2 N–H and O–H groups in total. The van der Waals surface area contributed by atoms with E-state index in [1.165, 1.54) is 0 Å². The van der Waals surface area contributed by atoms with E-state index >= 15 is 0 Å². The fourth-order valence-corrected chi connectivity index (χ4v) is 2.66. The van der Waals surface area contributed by atoms with E-state index in [0.717, 1.165) is 43.4 Å². The van der Waals surface area contributed by atoms with Crippen molar-refractivity contribution in [2.75, 3.05) is 23.7 Å². The quantitative estimate of drug-likeness (QED) is 0.716. The van der Waals surface area contributed by atoms with Crippen LogP contribution in [0.1, 0.15) is 53.8 Å². The molecule has 0 aliphatic rings. The Balaban J connectivity index is 2.80. The lowest BCUT2D eigenvalue weighted by molar-refractivity contribution is 0.304. The number of nitrogens with one attached hydrogen (secondary N) is 2. The molecule has 0 amide bonds. The van der Waals surface area contributed by atoms with Gasteiger partial charge in [0, 0.05) is 25.6 Å². The minimum atomic E-state index is 0.650. The number of hydrogen-bond acceptors (Lipinski definition) is 4. The monoisotopic (exact) mass is 292 g/mol. The highest BCUT2D eigenvalue weighted by Crippen LogP contribution is 2.21. The summed E-state index contributed by atoms with van der Waals surface area (Å²) in [5, 5.41) is 6.80. The maximum Gasteiger partial charge on any atom is 0.133 e. The Hall–Kier alpha value is -1.32. The highest BCUT2D eigenvalue weighted by Gasteiger charge is 2.17. The number of hydrogen-bond donors (Lipinski definition) is 2. The smallest absolute Gasteiger partial charge is 0.133 e. The third kappa shape index (κ3) is 5.90. The number of anilines is 2. The predicted molar refractivity (Wildman–Crippen MR) is 91.8 cm³/mol. The molecule has 0 spiro atoms. The molecule has 1 rings (SSSR count). The highest BCUT2D eigenvalue weighted by molar-refractivity contribution is 5.47. The van der Waals surface area contributed by atoms with Gasteiger partial charge in [0.1, 0.15) is 17.5 Å². The Kier molecular flexibility index (Phi) is 7.48. The third-order valence-corrected chi connectivity index (χ3v) is 3.84. The zero-order valence-corrected chi connectivity index (χ0v) is 14.5. The fraction of sp³-hybridized carbons (Fsp3) is 0.765. The maximum absolute atomic E-state index is 4.63. The summed E-state index contributed by atoms with van der Waals surface area (Å²) in [6.07, 6.45) is 1.99. The molecule has 0 saturated heterocycles. The summed E-state index contributed by atoms with van der Waals surface area (Å²) in [5.74, 6) is 4.77. The van der Waals surface area contributed by atoms with Gasteiger partial charge in [-0.3, -0.25) is 0 Å². The van der Waals surface area contributed by atoms with Crippen LogP contribution >= 0.6 is 0 Å². The Labute approximate surface area is 130 Å². The molecule has 21 heavy (non-hydrogen) atoms. The molecule has 1 aromatic heterocycles. The van der Waals surface area contributed by atoms with E-state index in [1.54, 1.807) is 0 Å². The summed E-state index contributed by atoms with van der Waals surface area (Å²) in [6, 6.07) is 2.01. The first-order valence-corrected chi connectivity index (χ1v) is 8.33. The molecule has 120 valence electrons. The molecular weight excluding hydrogens is 260 g/mol. The molecule has 0 fully saturated rings. The van der Waals surface area contributed by atoms with Gasteiger partial charge in [-0.15, -0.1) is 0 Å². The van der Waals surface area contributed by atoms with Gasteiger partial charge in [0.05, 0.1) is 0 Å². The normalized spacial score (nSPS) is 11.5.